The van der Waals surface area contributed by atoms with E-state index in [1.165, 1.54) is 12.8 Å². The number of hydrogen-bond acceptors (Lipinski definition) is 5. The first-order chi connectivity index (χ1) is 10.8. The van der Waals surface area contributed by atoms with E-state index in [4.69, 9.17) is 4.74 Å². The first-order valence-corrected chi connectivity index (χ1v) is 9.17. The molecular formula is C16H23N3O2S. The number of carbonyl (C=O) groups is 1. The van der Waals surface area contributed by atoms with Crippen molar-refractivity contribution >= 4 is 29.2 Å². The summed E-state index contributed by atoms with van der Waals surface area (Å²) in [7, 11) is 0. The number of aromatic nitrogens is 1. The van der Waals surface area contributed by atoms with Crippen LogP contribution in [0.15, 0.2) is 18.3 Å². The Bertz CT molecular complexity index is 500. The lowest BCUT2D eigenvalue weighted by Gasteiger charge is -2.29. The number of rotatable bonds is 5. The summed E-state index contributed by atoms with van der Waals surface area (Å²) >= 11 is 1.96. The van der Waals surface area contributed by atoms with E-state index < -0.39 is 0 Å². The Balaban J connectivity index is 1.57. The molecule has 1 saturated heterocycles. The van der Waals surface area contributed by atoms with Gasteiger partial charge in [0.1, 0.15) is 6.61 Å². The molecule has 1 N–H and O–H groups in total. The Kier molecular flexibility index (Phi) is 5.56. The van der Waals surface area contributed by atoms with Gasteiger partial charge in [-0.1, -0.05) is 12.8 Å². The molecule has 1 saturated carbocycles. The van der Waals surface area contributed by atoms with Crippen molar-refractivity contribution in [3.8, 4) is 0 Å². The first kappa shape index (κ1) is 15.6. The van der Waals surface area contributed by atoms with Gasteiger partial charge in [-0.15, -0.1) is 0 Å². The molecule has 0 bridgehead atoms. The highest BCUT2D eigenvalue weighted by molar-refractivity contribution is 7.99. The number of pyridine rings is 1. The van der Waals surface area contributed by atoms with Crippen LogP contribution in [0.4, 0.5) is 11.5 Å². The second-order valence-corrected chi connectivity index (χ2v) is 6.96. The molecule has 0 atom stereocenters. The zero-order valence-electron chi connectivity index (χ0n) is 12.8. The van der Waals surface area contributed by atoms with Crippen LogP contribution in [-0.2, 0) is 9.53 Å². The van der Waals surface area contributed by atoms with Crippen molar-refractivity contribution in [3.63, 3.8) is 0 Å². The van der Waals surface area contributed by atoms with E-state index in [2.05, 4.69) is 15.2 Å². The quantitative estimate of drug-likeness (QED) is 0.903. The van der Waals surface area contributed by atoms with Gasteiger partial charge < -0.3 is 15.0 Å². The third kappa shape index (κ3) is 4.14. The second-order valence-electron chi connectivity index (χ2n) is 5.74. The summed E-state index contributed by atoms with van der Waals surface area (Å²) in [6.07, 6.45) is 6.63. The summed E-state index contributed by atoms with van der Waals surface area (Å²) < 4.78 is 5.67. The summed E-state index contributed by atoms with van der Waals surface area (Å²) in [5.74, 6) is 2.99. The fourth-order valence-corrected chi connectivity index (χ4v) is 3.86. The Hall–Kier alpha value is -1.27. The molecule has 22 heavy (non-hydrogen) atoms. The Morgan fingerprint density at radius 2 is 2.14 bits per heavy atom. The molecule has 120 valence electrons. The van der Waals surface area contributed by atoms with E-state index in [-0.39, 0.29) is 18.6 Å². The average molecular weight is 321 g/mol. The standard InChI is InChI=1S/C16H23N3O2S/c20-15(12-21-13-4-1-2-5-13)18-14-6-3-7-17-16(14)19-8-10-22-11-9-19/h3,6-7,13H,1-2,4-5,8-12H2,(H,18,20). The summed E-state index contributed by atoms with van der Waals surface area (Å²) in [5.41, 5.74) is 0.787. The Labute approximate surface area is 135 Å². The van der Waals surface area contributed by atoms with Crippen LogP contribution < -0.4 is 10.2 Å². The van der Waals surface area contributed by atoms with Crippen LogP contribution in [-0.4, -0.2) is 48.2 Å². The van der Waals surface area contributed by atoms with E-state index in [1.54, 1.807) is 6.20 Å². The summed E-state index contributed by atoms with van der Waals surface area (Å²) in [5, 5.41) is 2.96. The molecule has 6 heteroatoms. The fraction of sp³-hybridized carbons (Fsp3) is 0.625. The molecule has 2 aliphatic rings. The molecule has 1 aromatic rings. The van der Waals surface area contributed by atoms with Gasteiger partial charge in [0.2, 0.25) is 5.91 Å². The van der Waals surface area contributed by atoms with E-state index in [0.29, 0.717) is 0 Å². The van der Waals surface area contributed by atoms with Gasteiger partial charge in [0.05, 0.1) is 11.8 Å². The van der Waals surface area contributed by atoms with Crippen LogP contribution in [0.25, 0.3) is 0 Å². The van der Waals surface area contributed by atoms with Gasteiger partial charge in [-0.05, 0) is 25.0 Å². The van der Waals surface area contributed by atoms with Crippen molar-refractivity contribution in [2.75, 3.05) is 41.4 Å². The minimum Gasteiger partial charge on any atom is -0.368 e. The summed E-state index contributed by atoms with van der Waals surface area (Å²) in [6, 6.07) is 3.77. The molecule has 2 heterocycles. The third-order valence-corrected chi connectivity index (χ3v) is 5.07. The van der Waals surface area contributed by atoms with Gasteiger partial charge in [0.15, 0.2) is 5.82 Å². The minimum atomic E-state index is -0.0902. The predicted octanol–water partition coefficient (Wildman–Crippen LogP) is 2.53. The minimum absolute atomic E-state index is 0.0902. The normalized spacial score (nSPS) is 19.4. The van der Waals surface area contributed by atoms with E-state index in [1.807, 2.05) is 23.9 Å². The molecule has 3 rings (SSSR count). The van der Waals surface area contributed by atoms with Gasteiger partial charge in [-0.3, -0.25) is 4.79 Å². The maximum Gasteiger partial charge on any atom is 0.250 e. The third-order valence-electron chi connectivity index (χ3n) is 4.12. The van der Waals surface area contributed by atoms with Crippen LogP contribution in [0.1, 0.15) is 25.7 Å². The fourth-order valence-electron chi connectivity index (χ4n) is 2.96. The number of ether oxygens (including phenoxy) is 1. The number of nitrogens with zero attached hydrogens (tertiary/aromatic N) is 2. The molecule has 1 aliphatic carbocycles. The van der Waals surface area contributed by atoms with Gasteiger partial charge in [-0.25, -0.2) is 4.98 Å². The number of anilines is 2. The molecule has 1 aromatic heterocycles. The topological polar surface area (TPSA) is 54.5 Å². The number of carbonyl (C=O) groups excluding carboxylic acids is 1. The van der Waals surface area contributed by atoms with Crippen LogP contribution in [0.5, 0.6) is 0 Å². The van der Waals surface area contributed by atoms with Crippen LogP contribution in [0.2, 0.25) is 0 Å². The SMILES string of the molecule is O=C(COC1CCCC1)Nc1cccnc1N1CCSCC1. The lowest BCUT2D eigenvalue weighted by Crippen LogP contribution is -2.34. The molecule has 0 spiro atoms. The zero-order valence-corrected chi connectivity index (χ0v) is 13.6. The molecule has 0 radical (unpaired) electrons. The Morgan fingerprint density at radius 1 is 1.36 bits per heavy atom. The molecule has 1 aliphatic heterocycles. The lowest BCUT2D eigenvalue weighted by molar-refractivity contribution is -0.122. The molecule has 2 fully saturated rings. The second kappa shape index (κ2) is 7.83. The van der Waals surface area contributed by atoms with Gasteiger partial charge in [0.25, 0.3) is 0 Å². The van der Waals surface area contributed by atoms with Gasteiger partial charge in [-0.2, -0.15) is 11.8 Å². The predicted molar refractivity (Wildman–Crippen MR) is 90.6 cm³/mol. The molecule has 1 amide bonds. The highest BCUT2D eigenvalue weighted by atomic mass is 32.2. The van der Waals surface area contributed by atoms with Crippen molar-refractivity contribution in [1.29, 1.82) is 0 Å². The molecule has 0 aromatic carbocycles. The monoisotopic (exact) mass is 321 g/mol. The zero-order chi connectivity index (χ0) is 15.2. The van der Waals surface area contributed by atoms with Crippen LogP contribution in [0, 0.1) is 0 Å². The van der Waals surface area contributed by atoms with Crippen LogP contribution >= 0.6 is 11.8 Å². The van der Waals surface area contributed by atoms with Crippen LogP contribution in [0.3, 0.4) is 0 Å². The number of hydrogen-bond donors (Lipinski definition) is 1. The van der Waals surface area contributed by atoms with Crippen molar-refractivity contribution in [1.82, 2.24) is 4.98 Å². The molecular weight excluding hydrogens is 298 g/mol. The van der Waals surface area contributed by atoms with E-state index in [0.717, 1.165) is 48.9 Å². The highest BCUT2D eigenvalue weighted by Crippen LogP contribution is 2.25. The first-order valence-electron chi connectivity index (χ1n) is 8.02. The van der Waals surface area contributed by atoms with Crippen molar-refractivity contribution < 1.29 is 9.53 Å². The smallest absolute Gasteiger partial charge is 0.250 e. The number of nitrogens with one attached hydrogen (secondary N) is 1. The maximum absolute atomic E-state index is 12.1. The largest absolute Gasteiger partial charge is 0.368 e. The number of amides is 1. The van der Waals surface area contributed by atoms with Crippen molar-refractivity contribution in [3.05, 3.63) is 18.3 Å². The van der Waals surface area contributed by atoms with Gasteiger partial charge >= 0.3 is 0 Å². The lowest BCUT2D eigenvalue weighted by atomic mass is 10.3. The molecule has 0 unspecified atom stereocenters. The maximum atomic E-state index is 12.1. The van der Waals surface area contributed by atoms with Crippen molar-refractivity contribution in [2.45, 2.75) is 31.8 Å². The number of thioether (sulfide) groups is 1. The highest BCUT2D eigenvalue weighted by Gasteiger charge is 2.19. The van der Waals surface area contributed by atoms with Gasteiger partial charge in [0, 0.05) is 30.8 Å². The molecule has 5 nitrogen and oxygen atoms in total. The Morgan fingerprint density at radius 3 is 2.91 bits per heavy atom. The van der Waals surface area contributed by atoms with E-state index >= 15 is 0 Å². The summed E-state index contributed by atoms with van der Waals surface area (Å²) in [4.78, 5) is 18.8. The van der Waals surface area contributed by atoms with E-state index in [9.17, 15) is 4.79 Å². The average Bonchev–Trinajstić information content (AvgIpc) is 3.08. The summed E-state index contributed by atoms with van der Waals surface area (Å²) in [6.45, 7) is 2.08. The van der Waals surface area contributed by atoms with Crippen molar-refractivity contribution in [2.24, 2.45) is 0 Å².